The van der Waals surface area contributed by atoms with Crippen LogP contribution < -0.4 is 5.73 Å². The molecular formula is C9H10ClF3N2O2. The first kappa shape index (κ1) is 15.7. The van der Waals surface area contributed by atoms with Crippen molar-refractivity contribution in [2.75, 3.05) is 0 Å². The standard InChI is InChI=1S/C9H9F3N2O2.ClH/c10-6-2-1-5(3-8(6)14(15)16)7(13)4-9(11)12;/h1-3,7,9H,4,13H2;1H/t7-;/m1./s1. The Bertz CT molecular complexity index is 404. The van der Waals surface area contributed by atoms with Crippen LogP contribution >= 0.6 is 12.4 Å². The average molecular weight is 271 g/mol. The van der Waals surface area contributed by atoms with Gasteiger partial charge >= 0.3 is 5.69 Å². The lowest BCUT2D eigenvalue weighted by Crippen LogP contribution is -2.14. The number of nitrogens with two attached hydrogens (primary N) is 1. The molecule has 2 N–H and O–H groups in total. The molecule has 0 bridgehead atoms. The highest BCUT2D eigenvalue weighted by molar-refractivity contribution is 5.85. The van der Waals surface area contributed by atoms with Gasteiger partial charge in [0.1, 0.15) is 0 Å². The number of halogens is 4. The predicted octanol–water partition coefficient (Wildman–Crippen LogP) is 2.81. The van der Waals surface area contributed by atoms with Crippen LogP contribution in [-0.2, 0) is 0 Å². The summed E-state index contributed by atoms with van der Waals surface area (Å²) in [5.74, 6) is -1.02. The lowest BCUT2D eigenvalue weighted by Gasteiger charge is -2.10. The number of rotatable bonds is 4. The van der Waals surface area contributed by atoms with Crippen LogP contribution in [0.3, 0.4) is 0 Å². The molecule has 0 aliphatic carbocycles. The second kappa shape index (κ2) is 6.41. The smallest absolute Gasteiger partial charge is 0.305 e. The highest BCUT2D eigenvalue weighted by Crippen LogP contribution is 2.24. The Hall–Kier alpha value is -1.34. The van der Waals surface area contributed by atoms with E-state index in [9.17, 15) is 23.3 Å². The second-order valence-electron chi connectivity index (χ2n) is 3.20. The van der Waals surface area contributed by atoms with Gasteiger partial charge in [-0.3, -0.25) is 10.1 Å². The maximum absolute atomic E-state index is 12.9. The Labute approximate surface area is 101 Å². The first-order chi connectivity index (χ1) is 7.41. The van der Waals surface area contributed by atoms with Crippen LogP contribution in [-0.4, -0.2) is 11.3 Å². The lowest BCUT2D eigenvalue weighted by atomic mass is 10.0. The van der Waals surface area contributed by atoms with E-state index >= 15 is 0 Å². The van der Waals surface area contributed by atoms with E-state index < -0.39 is 35.3 Å². The Kier molecular flexibility index (Phi) is 5.90. The first-order valence-corrected chi connectivity index (χ1v) is 4.39. The van der Waals surface area contributed by atoms with Gasteiger partial charge in [-0.05, 0) is 11.6 Å². The van der Waals surface area contributed by atoms with Gasteiger partial charge in [-0.1, -0.05) is 6.07 Å². The maximum atomic E-state index is 12.9. The van der Waals surface area contributed by atoms with E-state index in [1.54, 1.807) is 0 Å². The summed E-state index contributed by atoms with van der Waals surface area (Å²) in [5.41, 5.74) is 4.75. The Morgan fingerprint density at radius 3 is 2.47 bits per heavy atom. The van der Waals surface area contributed by atoms with Gasteiger partial charge in [-0.25, -0.2) is 8.78 Å². The van der Waals surface area contributed by atoms with E-state index in [4.69, 9.17) is 5.73 Å². The average Bonchev–Trinajstić information content (AvgIpc) is 2.16. The summed E-state index contributed by atoms with van der Waals surface area (Å²) >= 11 is 0. The van der Waals surface area contributed by atoms with Crippen molar-refractivity contribution in [1.82, 2.24) is 0 Å². The first-order valence-electron chi connectivity index (χ1n) is 4.39. The molecule has 8 heteroatoms. The predicted molar refractivity (Wildman–Crippen MR) is 57.9 cm³/mol. The molecule has 0 fully saturated rings. The second-order valence-corrected chi connectivity index (χ2v) is 3.20. The summed E-state index contributed by atoms with van der Waals surface area (Å²) in [7, 11) is 0. The zero-order valence-electron chi connectivity index (χ0n) is 8.48. The fourth-order valence-electron chi connectivity index (χ4n) is 1.23. The molecule has 1 aromatic carbocycles. The minimum atomic E-state index is -2.61. The molecular weight excluding hydrogens is 261 g/mol. The van der Waals surface area contributed by atoms with Crippen molar-refractivity contribution in [3.63, 3.8) is 0 Å². The third-order valence-electron chi connectivity index (χ3n) is 2.03. The van der Waals surface area contributed by atoms with Crippen molar-refractivity contribution < 1.29 is 18.1 Å². The van der Waals surface area contributed by atoms with Gasteiger partial charge in [0.25, 0.3) is 0 Å². The molecule has 0 spiro atoms. The molecule has 0 aliphatic rings. The molecule has 0 radical (unpaired) electrons. The Morgan fingerprint density at radius 2 is 2.00 bits per heavy atom. The number of nitrogens with zero attached hydrogens (tertiary/aromatic N) is 1. The summed E-state index contributed by atoms with van der Waals surface area (Å²) in [6.07, 6.45) is -3.23. The van der Waals surface area contributed by atoms with E-state index in [-0.39, 0.29) is 18.0 Å². The van der Waals surface area contributed by atoms with E-state index in [0.717, 1.165) is 18.2 Å². The normalized spacial score (nSPS) is 12.1. The molecule has 1 atom stereocenters. The zero-order chi connectivity index (χ0) is 12.3. The molecule has 17 heavy (non-hydrogen) atoms. The van der Waals surface area contributed by atoms with Gasteiger partial charge in [0.2, 0.25) is 12.2 Å². The third-order valence-corrected chi connectivity index (χ3v) is 2.03. The number of alkyl halides is 2. The number of benzene rings is 1. The summed E-state index contributed by atoms with van der Waals surface area (Å²) in [6, 6.07) is 1.84. The van der Waals surface area contributed by atoms with Gasteiger partial charge in [0.05, 0.1) is 4.92 Å². The Morgan fingerprint density at radius 1 is 1.41 bits per heavy atom. The van der Waals surface area contributed by atoms with Gasteiger partial charge in [-0.15, -0.1) is 12.4 Å². The summed E-state index contributed by atoms with van der Waals surface area (Å²) < 4.78 is 37.0. The fourth-order valence-corrected chi connectivity index (χ4v) is 1.23. The lowest BCUT2D eigenvalue weighted by molar-refractivity contribution is -0.387. The topological polar surface area (TPSA) is 69.2 Å². The van der Waals surface area contributed by atoms with Crippen LogP contribution in [0.5, 0.6) is 0 Å². The molecule has 0 heterocycles. The van der Waals surface area contributed by atoms with Crippen LogP contribution in [0, 0.1) is 15.9 Å². The van der Waals surface area contributed by atoms with Gasteiger partial charge < -0.3 is 5.73 Å². The van der Waals surface area contributed by atoms with Crippen LogP contribution in [0.25, 0.3) is 0 Å². The van der Waals surface area contributed by atoms with Gasteiger partial charge in [-0.2, -0.15) is 4.39 Å². The van der Waals surface area contributed by atoms with Crippen molar-refractivity contribution in [2.24, 2.45) is 5.73 Å². The SMILES string of the molecule is Cl.N[C@H](CC(F)F)c1ccc(F)c([N+](=O)[O-])c1. The summed E-state index contributed by atoms with van der Waals surface area (Å²) in [4.78, 5) is 9.47. The zero-order valence-corrected chi connectivity index (χ0v) is 9.29. The molecule has 1 rings (SSSR count). The minimum Gasteiger partial charge on any atom is -0.324 e. The monoisotopic (exact) mass is 270 g/mol. The quantitative estimate of drug-likeness (QED) is 0.675. The number of hydrogen-bond acceptors (Lipinski definition) is 3. The van der Waals surface area contributed by atoms with Crippen molar-refractivity contribution in [3.8, 4) is 0 Å². The maximum Gasteiger partial charge on any atom is 0.305 e. The number of nitro benzene ring substituents is 1. The van der Waals surface area contributed by atoms with E-state index in [0.29, 0.717) is 0 Å². The molecule has 0 saturated heterocycles. The van der Waals surface area contributed by atoms with Gasteiger partial charge in [0, 0.05) is 18.5 Å². The van der Waals surface area contributed by atoms with Crippen LogP contribution in [0.4, 0.5) is 18.9 Å². The molecule has 4 nitrogen and oxygen atoms in total. The molecule has 96 valence electrons. The molecule has 0 aromatic heterocycles. The molecule has 0 unspecified atom stereocenters. The summed E-state index contributed by atoms with van der Waals surface area (Å²) in [5, 5.41) is 10.4. The third kappa shape index (κ3) is 4.20. The fraction of sp³-hybridized carbons (Fsp3) is 0.333. The molecule has 0 aliphatic heterocycles. The Balaban J connectivity index is 0.00000256. The highest BCUT2D eigenvalue weighted by Gasteiger charge is 2.19. The van der Waals surface area contributed by atoms with Crippen molar-refractivity contribution in [2.45, 2.75) is 18.9 Å². The van der Waals surface area contributed by atoms with E-state index in [1.807, 2.05) is 0 Å². The molecule has 0 amide bonds. The van der Waals surface area contributed by atoms with Gasteiger partial charge in [0.15, 0.2) is 0 Å². The van der Waals surface area contributed by atoms with Crippen molar-refractivity contribution in [3.05, 3.63) is 39.7 Å². The molecule has 0 saturated carbocycles. The van der Waals surface area contributed by atoms with Crippen LogP contribution in [0.15, 0.2) is 18.2 Å². The van der Waals surface area contributed by atoms with E-state index in [1.165, 1.54) is 0 Å². The van der Waals surface area contributed by atoms with Crippen LogP contribution in [0.1, 0.15) is 18.0 Å². The summed E-state index contributed by atoms with van der Waals surface area (Å²) in [6.45, 7) is 0. The largest absolute Gasteiger partial charge is 0.324 e. The minimum absolute atomic E-state index is 0. The van der Waals surface area contributed by atoms with E-state index in [2.05, 4.69) is 0 Å². The van der Waals surface area contributed by atoms with Crippen LogP contribution in [0.2, 0.25) is 0 Å². The highest BCUT2D eigenvalue weighted by atomic mass is 35.5. The van der Waals surface area contributed by atoms with Crippen molar-refractivity contribution >= 4 is 18.1 Å². The molecule has 1 aromatic rings. The number of nitro groups is 1. The number of hydrogen-bond donors (Lipinski definition) is 1. The van der Waals surface area contributed by atoms with Crippen molar-refractivity contribution in [1.29, 1.82) is 0 Å².